The number of benzene rings is 1. The van der Waals surface area contributed by atoms with Gasteiger partial charge in [0.25, 0.3) is 0 Å². The summed E-state index contributed by atoms with van der Waals surface area (Å²) in [6.07, 6.45) is 0.634. The number of ether oxygens (including phenoxy) is 1. The molecule has 0 atom stereocenters. The molecule has 0 radical (unpaired) electrons. The van der Waals surface area contributed by atoms with Crippen molar-refractivity contribution in [2.75, 3.05) is 24.7 Å². The molecule has 6 heteroatoms. The van der Waals surface area contributed by atoms with Gasteiger partial charge >= 0.3 is 0 Å². The summed E-state index contributed by atoms with van der Waals surface area (Å²) in [5.74, 6) is 0.938. The fourth-order valence-electron chi connectivity index (χ4n) is 1.78. The van der Waals surface area contributed by atoms with E-state index in [-0.39, 0.29) is 18.1 Å². The summed E-state index contributed by atoms with van der Waals surface area (Å²) in [5, 5.41) is 3.84. The van der Waals surface area contributed by atoms with Crippen molar-refractivity contribution in [2.24, 2.45) is 0 Å². The molecule has 0 aliphatic rings. The smallest absolute Gasteiger partial charge is 0.153 e. The summed E-state index contributed by atoms with van der Waals surface area (Å²) in [6, 6.07) is 5.36. The van der Waals surface area contributed by atoms with Gasteiger partial charge in [-0.25, -0.2) is 8.42 Å². The zero-order chi connectivity index (χ0) is 15.0. The molecular weight excluding hydrogens is 298 g/mol. The first-order valence-corrected chi connectivity index (χ1v) is 9.00. The highest BCUT2D eigenvalue weighted by Gasteiger charge is 2.11. The van der Waals surface area contributed by atoms with Gasteiger partial charge in [0.15, 0.2) is 9.84 Å². The van der Waals surface area contributed by atoms with E-state index >= 15 is 0 Å². The van der Waals surface area contributed by atoms with Gasteiger partial charge in [0, 0.05) is 17.1 Å². The number of sulfone groups is 1. The van der Waals surface area contributed by atoms with Crippen LogP contribution in [0.1, 0.15) is 25.8 Å². The number of hydrogen-bond donors (Lipinski definition) is 1. The van der Waals surface area contributed by atoms with Crippen molar-refractivity contribution in [3.05, 3.63) is 28.8 Å². The Balaban J connectivity index is 2.63. The van der Waals surface area contributed by atoms with Crippen molar-refractivity contribution in [3.63, 3.8) is 0 Å². The van der Waals surface area contributed by atoms with Crippen LogP contribution in [-0.2, 0) is 16.4 Å². The zero-order valence-electron chi connectivity index (χ0n) is 12.0. The second-order valence-corrected chi connectivity index (χ2v) is 7.27. The van der Waals surface area contributed by atoms with Crippen LogP contribution in [-0.4, -0.2) is 33.1 Å². The molecule has 0 aliphatic heterocycles. The van der Waals surface area contributed by atoms with E-state index < -0.39 is 9.84 Å². The van der Waals surface area contributed by atoms with Gasteiger partial charge in [0.2, 0.25) is 0 Å². The maximum atomic E-state index is 11.6. The molecule has 0 fully saturated rings. The van der Waals surface area contributed by atoms with Crippen molar-refractivity contribution >= 4 is 21.4 Å². The van der Waals surface area contributed by atoms with E-state index in [1.54, 1.807) is 12.1 Å². The Morgan fingerprint density at radius 3 is 2.65 bits per heavy atom. The average molecular weight is 320 g/mol. The lowest BCUT2D eigenvalue weighted by atomic mass is 10.2. The lowest BCUT2D eigenvalue weighted by Gasteiger charge is -2.12. The first kappa shape index (κ1) is 17.3. The fraction of sp³-hybridized carbons (Fsp3) is 0.571. The Labute approximate surface area is 126 Å². The van der Waals surface area contributed by atoms with Crippen molar-refractivity contribution in [2.45, 2.75) is 26.8 Å². The van der Waals surface area contributed by atoms with E-state index in [1.807, 2.05) is 19.9 Å². The van der Waals surface area contributed by atoms with Crippen LogP contribution in [0.2, 0.25) is 5.02 Å². The molecular formula is C14H22ClNO3S. The maximum absolute atomic E-state index is 11.6. The third-order valence-corrected chi connectivity index (χ3v) is 4.81. The van der Waals surface area contributed by atoms with Gasteiger partial charge < -0.3 is 10.1 Å². The quantitative estimate of drug-likeness (QED) is 0.760. The molecule has 0 amide bonds. The second kappa shape index (κ2) is 8.49. The molecule has 1 aromatic carbocycles. The van der Waals surface area contributed by atoms with E-state index in [9.17, 15) is 8.42 Å². The minimum absolute atomic E-state index is 0.0457. The Hall–Kier alpha value is -0.780. The van der Waals surface area contributed by atoms with Crippen LogP contribution in [0.15, 0.2) is 18.2 Å². The van der Waals surface area contributed by atoms with Gasteiger partial charge in [-0.15, -0.1) is 0 Å². The van der Waals surface area contributed by atoms with Crippen LogP contribution < -0.4 is 10.1 Å². The molecule has 114 valence electrons. The summed E-state index contributed by atoms with van der Waals surface area (Å²) in [7, 11) is -3.01. The predicted molar refractivity (Wildman–Crippen MR) is 83.3 cm³/mol. The third-order valence-electron chi connectivity index (χ3n) is 2.76. The Morgan fingerprint density at radius 1 is 1.25 bits per heavy atom. The maximum Gasteiger partial charge on any atom is 0.153 e. The summed E-state index contributed by atoms with van der Waals surface area (Å²) >= 11 is 5.96. The molecule has 1 rings (SSSR count). The topological polar surface area (TPSA) is 55.4 Å². The average Bonchev–Trinajstić information content (AvgIpc) is 2.38. The van der Waals surface area contributed by atoms with Crippen molar-refractivity contribution < 1.29 is 13.2 Å². The molecule has 0 saturated carbocycles. The summed E-state index contributed by atoms with van der Waals surface area (Å²) in [5.41, 5.74) is 0.937. The largest absolute Gasteiger partial charge is 0.492 e. The highest BCUT2D eigenvalue weighted by atomic mass is 35.5. The highest BCUT2D eigenvalue weighted by Crippen LogP contribution is 2.23. The predicted octanol–water partition coefficient (Wildman–Crippen LogP) is 2.65. The van der Waals surface area contributed by atoms with E-state index in [1.165, 1.54) is 0 Å². The lowest BCUT2D eigenvalue weighted by Crippen LogP contribution is -2.18. The van der Waals surface area contributed by atoms with Gasteiger partial charge in [-0.3, -0.25) is 0 Å². The van der Waals surface area contributed by atoms with Crippen LogP contribution in [0.3, 0.4) is 0 Å². The zero-order valence-corrected chi connectivity index (χ0v) is 13.6. The van der Waals surface area contributed by atoms with Crippen molar-refractivity contribution in [1.29, 1.82) is 0 Å². The van der Waals surface area contributed by atoms with Crippen molar-refractivity contribution in [3.8, 4) is 5.75 Å². The van der Waals surface area contributed by atoms with Crippen LogP contribution >= 0.6 is 11.6 Å². The normalized spacial score (nSPS) is 11.6. The lowest BCUT2D eigenvalue weighted by molar-refractivity contribution is 0.336. The van der Waals surface area contributed by atoms with Crippen LogP contribution in [0.25, 0.3) is 0 Å². The molecule has 0 aromatic heterocycles. The number of nitrogens with one attached hydrogen (secondary N) is 1. The Bertz CT molecular complexity index is 517. The van der Waals surface area contributed by atoms with E-state index in [4.69, 9.17) is 16.3 Å². The third kappa shape index (κ3) is 6.11. The molecule has 1 aromatic rings. The van der Waals surface area contributed by atoms with Gasteiger partial charge in [-0.05, 0) is 31.2 Å². The number of rotatable bonds is 9. The molecule has 1 N–H and O–H groups in total. The Kier molecular flexibility index (Phi) is 7.34. The first-order chi connectivity index (χ1) is 9.48. The molecule has 20 heavy (non-hydrogen) atoms. The van der Waals surface area contributed by atoms with Gasteiger partial charge in [-0.2, -0.15) is 0 Å². The standard InChI is InChI=1S/C14H22ClNO3S/c1-3-8-20(17,18)9-7-19-14-6-5-13(15)10-12(14)11-16-4-2/h5-6,10,16H,3-4,7-9,11H2,1-2H3. The second-order valence-electron chi connectivity index (χ2n) is 4.53. The monoisotopic (exact) mass is 319 g/mol. The minimum Gasteiger partial charge on any atom is -0.492 e. The van der Waals surface area contributed by atoms with Crippen LogP contribution in [0, 0.1) is 0 Å². The fourth-order valence-corrected chi connectivity index (χ4v) is 3.14. The molecule has 0 heterocycles. The SMILES string of the molecule is CCCS(=O)(=O)CCOc1ccc(Cl)cc1CNCC. The highest BCUT2D eigenvalue weighted by molar-refractivity contribution is 7.91. The minimum atomic E-state index is -3.01. The summed E-state index contributed by atoms with van der Waals surface area (Å²) in [4.78, 5) is 0. The van der Waals surface area contributed by atoms with Crippen LogP contribution in [0.4, 0.5) is 0 Å². The van der Waals surface area contributed by atoms with Crippen LogP contribution in [0.5, 0.6) is 5.75 Å². The summed E-state index contributed by atoms with van der Waals surface area (Å²) < 4.78 is 28.8. The Morgan fingerprint density at radius 2 is 2.00 bits per heavy atom. The molecule has 0 aliphatic carbocycles. The van der Waals surface area contributed by atoms with Gasteiger partial charge in [0.1, 0.15) is 12.4 Å². The molecule has 0 unspecified atom stereocenters. The van der Waals surface area contributed by atoms with E-state index in [2.05, 4.69) is 5.32 Å². The number of halogens is 1. The van der Waals surface area contributed by atoms with Gasteiger partial charge in [0.05, 0.1) is 11.5 Å². The molecule has 4 nitrogen and oxygen atoms in total. The van der Waals surface area contributed by atoms with E-state index in [0.29, 0.717) is 23.7 Å². The summed E-state index contributed by atoms with van der Waals surface area (Å²) in [6.45, 7) is 5.53. The van der Waals surface area contributed by atoms with Gasteiger partial charge in [-0.1, -0.05) is 25.4 Å². The molecule has 0 saturated heterocycles. The molecule has 0 spiro atoms. The first-order valence-electron chi connectivity index (χ1n) is 6.81. The van der Waals surface area contributed by atoms with Crippen molar-refractivity contribution in [1.82, 2.24) is 5.32 Å². The molecule has 0 bridgehead atoms. The van der Waals surface area contributed by atoms with E-state index in [0.717, 1.165) is 12.1 Å². The number of hydrogen-bond acceptors (Lipinski definition) is 4.